The van der Waals surface area contributed by atoms with Gasteiger partial charge in [-0.25, -0.2) is 8.42 Å². The molecular formula is C30H32ClF3N4O4S. The van der Waals surface area contributed by atoms with Crippen molar-refractivity contribution in [2.45, 2.75) is 42.7 Å². The molecule has 1 atom stereocenters. The molecule has 43 heavy (non-hydrogen) atoms. The highest BCUT2D eigenvalue weighted by molar-refractivity contribution is 7.89. The highest BCUT2D eigenvalue weighted by atomic mass is 35.5. The molecule has 2 aliphatic rings. The molecular weight excluding hydrogens is 605 g/mol. The van der Waals surface area contributed by atoms with E-state index in [1.54, 1.807) is 4.90 Å². The number of piperazine rings is 1. The minimum absolute atomic E-state index is 0.0139. The predicted octanol–water partition coefficient (Wildman–Crippen LogP) is 4.73. The molecule has 13 heteroatoms. The van der Waals surface area contributed by atoms with Crippen LogP contribution < -0.4 is 10.5 Å². The number of nitrogens with two attached hydrogens (primary N) is 1. The van der Waals surface area contributed by atoms with E-state index in [9.17, 15) is 26.4 Å². The molecule has 0 saturated carbocycles. The van der Waals surface area contributed by atoms with Crippen LogP contribution in [-0.2, 0) is 21.4 Å². The van der Waals surface area contributed by atoms with Gasteiger partial charge >= 0.3 is 6.36 Å². The second-order valence-corrected chi connectivity index (χ2v) is 13.1. The summed E-state index contributed by atoms with van der Waals surface area (Å²) in [5.41, 5.74) is 9.08. The monoisotopic (exact) mass is 636 g/mol. The third-order valence-corrected chi connectivity index (χ3v) is 9.93. The van der Waals surface area contributed by atoms with Crippen molar-refractivity contribution in [3.8, 4) is 16.9 Å². The van der Waals surface area contributed by atoms with E-state index in [-0.39, 0.29) is 29.9 Å². The number of hydrogen-bond donors (Lipinski definition) is 1. The first-order chi connectivity index (χ1) is 20.4. The number of piperidine rings is 1. The van der Waals surface area contributed by atoms with E-state index in [1.165, 1.54) is 4.31 Å². The zero-order valence-electron chi connectivity index (χ0n) is 23.2. The van der Waals surface area contributed by atoms with Gasteiger partial charge < -0.3 is 15.4 Å². The average Bonchev–Trinajstić information content (AvgIpc) is 2.97. The van der Waals surface area contributed by atoms with Gasteiger partial charge in [0.05, 0.1) is 4.90 Å². The molecule has 230 valence electrons. The lowest BCUT2D eigenvalue weighted by molar-refractivity contribution is -0.274. The molecule has 5 rings (SSSR count). The first-order valence-electron chi connectivity index (χ1n) is 13.9. The fraction of sp³-hybridized carbons (Fsp3) is 0.367. The van der Waals surface area contributed by atoms with Crippen molar-refractivity contribution in [3.63, 3.8) is 0 Å². The molecule has 0 aliphatic carbocycles. The Morgan fingerprint density at radius 1 is 0.884 bits per heavy atom. The average molecular weight is 637 g/mol. The number of carbonyl (C=O) groups is 1. The van der Waals surface area contributed by atoms with Crippen molar-refractivity contribution in [1.29, 1.82) is 0 Å². The van der Waals surface area contributed by atoms with E-state index in [4.69, 9.17) is 17.3 Å². The molecule has 1 amide bonds. The third kappa shape index (κ3) is 7.68. The molecule has 0 bridgehead atoms. The molecule has 2 N–H and O–H groups in total. The summed E-state index contributed by atoms with van der Waals surface area (Å²) in [7, 11) is -4.21. The summed E-state index contributed by atoms with van der Waals surface area (Å²) < 4.78 is 70.3. The first kappa shape index (κ1) is 31.3. The summed E-state index contributed by atoms with van der Waals surface area (Å²) in [6.45, 7) is 1.93. The minimum atomic E-state index is -4.90. The van der Waals surface area contributed by atoms with Crippen LogP contribution in [0.3, 0.4) is 0 Å². The van der Waals surface area contributed by atoms with Crippen molar-refractivity contribution >= 4 is 27.5 Å². The van der Waals surface area contributed by atoms with Crippen LogP contribution in [0.15, 0.2) is 77.7 Å². The van der Waals surface area contributed by atoms with Crippen LogP contribution in [0.5, 0.6) is 5.75 Å². The van der Waals surface area contributed by atoms with Crippen molar-refractivity contribution in [2.75, 3.05) is 32.7 Å². The van der Waals surface area contributed by atoms with Crippen LogP contribution in [0.25, 0.3) is 11.1 Å². The molecule has 0 aromatic heterocycles. The number of carbonyl (C=O) groups excluding carboxylic acids is 1. The summed E-state index contributed by atoms with van der Waals surface area (Å²) >= 11 is 6.00. The van der Waals surface area contributed by atoms with Crippen molar-refractivity contribution in [1.82, 2.24) is 14.1 Å². The van der Waals surface area contributed by atoms with Crippen molar-refractivity contribution in [2.24, 2.45) is 5.73 Å². The number of ether oxygens (including phenoxy) is 1. The number of alkyl halides is 3. The second kappa shape index (κ2) is 12.8. The highest BCUT2D eigenvalue weighted by Crippen LogP contribution is 2.29. The van der Waals surface area contributed by atoms with Gasteiger partial charge in [-0.2, -0.15) is 4.31 Å². The van der Waals surface area contributed by atoms with E-state index < -0.39 is 28.2 Å². The topological polar surface area (TPSA) is 96.2 Å². The Hall–Kier alpha value is -3.16. The number of amides is 1. The molecule has 3 aromatic carbocycles. The smallest absolute Gasteiger partial charge is 0.406 e. The highest BCUT2D eigenvalue weighted by Gasteiger charge is 2.42. The SMILES string of the molecule is NC1CCN(C(=O)[C@H]2CN(Cc3ccc(-c4ccc(Cl)cc4)cc3)CCN2S(=O)(=O)c2ccc(OC(F)(F)F)cc2)CC1. The number of halogens is 4. The van der Waals surface area contributed by atoms with Gasteiger partial charge in [-0.1, -0.05) is 48.0 Å². The number of rotatable bonds is 7. The minimum Gasteiger partial charge on any atom is -0.406 e. The third-order valence-electron chi connectivity index (χ3n) is 7.75. The summed E-state index contributed by atoms with van der Waals surface area (Å²) in [6, 6.07) is 18.6. The van der Waals surface area contributed by atoms with Gasteiger partial charge in [0.2, 0.25) is 15.9 Å². The van der Waals surface area contributed by atoms with Crippen molar-refractivity contribution in [3.05, 3.63) is 83.4 Å². The molecule has 2 fully saturated rings. The van der Waals surface area contributed by atoms with Crippen LogP contribution in [0.4, 0.5) is 13.2 Å². The summed E-state index contributed by atoms with van der Waals surface area (Å²) in [6.07, 6.45) is -3.66. The van der Waals surface area contributed by atoms with Gasteiger partial charge in [-0.3, -0.25) is 9.69 Å². The molecule has 0 unspecified atom stereocenters. The van der Waals surface area contributed by atoms with Gasteiger partial charge in [0, 0.05) is 50.3 Å². The van der Waals surface area contributed by atoms with Crippen LogP contribution in [0, 0.1) is 0 Å². The van der Waals surface area contributed by atoms with Crippen LogP contribution in [0.2, 0.25) is 5.02 Å². The Kier molecular flexibility index (Phi) is 9.33. The summed E-state index contributed by atoms with van der Waals surface area (Å²) in [5, 5.41) is 0.658. The van der Waals surface area contributed by atoms with Crippen LogP contribution >= 0.6 is 11.6 Å². The zero-order chi connectivity index (χ0) is 30.8. The second-order valence-electron chi connectivity index (χ2n) is 10.8. The van der Waals surface area contributed by atoms with E-state index in [0.717, 1.165) is 41.0 Å². The number of sulfonamides is 1. The van der Waals surface area contributed by atoms with E-state index in [2.05, 4.69) is 4.74 Å². The lowest BCUT2D eigenvalue weighted by Gasteiger charge is -2.42. The molecule has 0 spiro atoms. The number of hydrogen-bond acceptors (Lipinski definition) is 6. The summed E-state index contributed by atoms with van der Waals surface area (Å²) in [4.78, 5) is 17.3. The molecule has 2 heterocycles. The zero-order valence-corrected chi connectivity index (χ0v) is 24.8. The lowest BCUT2D eigenvalue weighted by atomic mass is 10.0. The number of nitrogens with zero attached hydrogens (tertiary/aromatic N) is 3. The fourth-order valence-corrected chi connectivity index (χ4v) is 7.13. The standard InChI is InChI=1S/C30H32ClF3N4O4S/c31-24-7-5-23(6-8-24)22-3-1-21(2-4-22)19-36-17-18-38(28(20-36)29(39)37-15-13-25(35)14-16-37)43(40,41)27-11-9-26(10-12-27)42-30(32,33)34/h1-12,25,28H,13-20,35H2/t28-/m1/s1. The summed E-state index contributed by atoms with van der Waals surface area (Å²) in [5.74, 6) is -0.842. The van der Waals surface area contributed by atoms with Gasteiger partial charge in [0.1, 0.15) is 11.8 Å². The van der Waals surface area contributed by atoms with Gasteiger partial charge in [0.15, 0.2) is 0 Å². The van der Waals surface area contributed by atoms with Crippen LogP contribution in [-0.4, -0.2) is 79.6 Å². The normalized spacial score (nSPS) is 19.4. The molecule has 2 aliphatic heterocycles. The first-order valence-corrected chi connectivity index (χ1v) is 15.7. The maximum atomic E-state index is 13.8. The Morgan fingerprint density at radius 2 is 1.47 bits per heavy atom. The Bertz CT molecular complexity index is 1510. The lowest BCUT2D eigenvalue weighted by Crippen LogP contribution is -2.61. The largest absolute Gasteiger partial charge is 0.573 e. The van der Waals surface area contributed by atoms with E-state index in [0.29, 0.717) is 44.0 Å². The predicted molar refractivity (Wildman–Crippen MR) is 157 cm³/mol. The van der Waals surface area contributed by atoms with E-state index >= 15 is 0 Å². The Morgan fingerprint density at radius 3 is 2.05 bits per heavy atom. The van der Waals surface area contributed by atoms with Gasteiger partial charge in [0.25, 0.3) is 0 Å². The maximum absolute atomic E-state index is 13.8. The number of likely N-dealkylation sites (tertiary alicyclic amines) is 1. The molecule has 2 saturated heterocycles. The fourth-order valence-electron chi connectivity index (χ4n) is 5.44. The molecule has 3 aromatic rings. The molecule has 0 radical (unpaired) electrons. The Labute approximate surface area is 253 Å². The van der Waals surface area contributed by atoms with Crippen molar-refractivity contribution < 1.29 is 31.1 Å². The number of benzene rings is 3. The molecule has 8 nitrogen and oxygen atoms in total. The quantitative estimate of drug-likeness (QED) is 0.403. The van der Waals surface area contributed by atoms with E-state index in [1.807, 2.05) is 53.4 Å². The van der Waals surface area contributed by atoms with Crippen LogP contribution in [0.1, 0.15) is 18.4 Å². The Balaban J connectivity index is 1.34. The van der Waals surface area contributed by atoms with Gasteiger partial charge in [-0.15, -0.1) is 13.2 Å². The maximum Gasteiger partial charge on any atom is 0.573 e. The van der Waals surface area contributed by atoms with Gasteiger partial charge in [-0.05, 0) is 65.9 Å².